The molecule has 0 saturated heterocycles. The molecule has 1 amide bonds. The van der Waals surface area contributed by atoms with E-state index in [0.29, 0.717) is 11.8 Å². The number of nitrogens with one attached hydrogen (secondary N) is 1. The summed E-state index contributed by atoms with van der Waals surface area (Å²) in [6, 6.07) is 7.78. The van der Waals surface area contributed by atoms with Crippen LogP contribution in [0.25, 0.3) is 21.9 Å². The second kappa shape index (κ2) is 7.87. The van der Waals surface area contributed by atoms with Crippen LogP contribution in [0, 0.1) is 0 Å². The van der Waals surface area contributed by atoms with E-state index in [2.05, 4.69) is 10.4 Å². The van der Waals surface area contributed by atoms with Crippen molar-refractivity contribution < 1.29 is 9.53 Å². The monoisotopic (exact) mass is 422 g/mol. The van der Waals surface area contributed by atoms with E-state index in [9.17, 15) is 9.59 Å². The zero-order valence-corrected chi connectivity index (χ0v) is 18.8. The fourth-order valence-corrected chi connectivity index (χ4v) is 4.01. The second-order valence-corrected chi connectivity index (χ2v) is 9.26. The van der Waals surface area contributed by atoms with Gasteiger partial charge in [-0.1, -0.05) is 25.1 Å². The van der Waals surface area contributed by atoms with E-state index >= 15 is 0 Å². The number of carbonyl (C=O) groups excluding carboxylic acids is 1. The van der Waals surface area contributed by atoms with E-state index < -0.39 is 11.7 Å². The number of nitrogens with zero attached hydrogens (tertiary/aromatic N) is 3. The Bertz CT molecular complexity index is 1180. The van der Waals surface area contributed by atoms with Crippen LogP contribution in [0.1, 0.15) is 64.7 Å². The summed E-state index contributed by atoms with van der Waals surface area (Å²) in [5.74, 6) is 0. The molecule has 7 heteroatoms. The number of carbonyl (C=O) groups is 1. The molecule has 1 unspecified atom stereocenters. The maximum absolute atomic E-state index is 13.8. The number of benzene rings is 1. The van der Waals surface area contributed by atoms with Crippen LogP contribution < -0.4 is 10.9 Å². The van der Waals surface area contributed by atoms with Gasteiger partial charge in [0.05, 0.1) is 17.6 Å². The lowest BCUT2D eigenvalue weighted by atomic mass is 9.99. The highest BCUT2D eigenvalue weighted by Gasteiger charge is 2.31. The maximum Gasteiger partial charge on any atom is 0.408 e. The highest BCUT2D eigenvalue weighted by atomic mass is 16.6. The first-order chi connectivity index (χ1) is 14.7. The number of aromatic nitrogens is 3. The van der Waals surface area contributed by atoms with Crippen LogP contribution in [0.2, 0.25) is 0 Å². The molecule has 3 aromatic rings. The minimum Gasteiger partial charge on any atom is -0.444 e. The van der Waals surface area contributed by atoms with Gasteiger partial charge in [-0.3, -0.25) is 9.48 Å². The van der Waals surface area contributed by atoms with Gasteiger partial charge in [0, 0.05) is 30.5 Å². The van der Waals surface area contributed by atoms with E-state index in [1.165, 1.54) is 0 Å². The second-order valence-electron chi connectivity index (χ2n) is 9.26. The molecule has 1 aromatic carbocycles. The van der Waals surface area contributed by atoms with Gasteiger partial charge in [0.2, 0.25) is 0 Å². The third-order valence-electron chi connectivity index (χ3n) is 5.50. The number of ether oxygens (including phenoxy) is 1. The standard InChI is InChI=1S/C24H30N4O3/c1-6-19(26-23(30)31-24(2,3)4)20-12-15-8-7-9-18(16-13-25-27(5)14-16)21(15)22(29)28(20)17-10-11-17/h7-9,12-14,17,19H,6,10-11H2,1-5H3,(H,26,30). The summed E-state index contributed by atoms with van der Waals surface area (Å²) < 4.78 is 9.08. The molecule has 0 bridgehead atoms. The molecule has 1 N–H and O–H groups in total. The fourth-order valence-electron chi connectivity index (χ4n) is 4.01. The van der Waals surface area contributed by atoms with Crippen molar-refractivity contribution in [2.75, 3.05) is 0 Å². The third kappa shape index (κ3) is 4.36. The molecule has 0 spiro atoms. The first-order valence-corrected chi connectivity index (χ1v) is 10.8. The van der Waals surface area contributed by atoms with E-state index in [0.717, 1.165) is 35.0 Å². The van der Waals surface area contributed by atoms with Crippen LogP contribution in [0.5, 0.6) is 0 Å². The predicted molar refractivity (Wildman–Crippen MR) is 121 cm³/mol. The number of alkyl carbamates (subject to hydrolysis) is 1. The summed E-state index contributed by atoms with van der Waals surface area (Å²) in [6.07, 6.45) is 5.81. The maximum atomic E-state index is 13.8. The number of hydrogen-bond donors (Lipinski definition) is 1. The Balaban J connectivity index is 1.84. The Hall–Kier alpha value is -3.09. The van der Waals surface area contributed by atoms with Gasteiger partial charge < -0.3 is 14.6 Å². The van der Waals surface area contributed by atoms with Crippen LogP contribution in [0.15, 0.2) is 41.5 Å². The first kappa shape index (κ1) is 21.2. The lowest BCUT2D eigenvalue weighted by Gasteiger charge is -2.25. The van der Waals surface area contributed by atoms with E-state index in [1.54, 1.807) is 10.9 Å². The van der Waals surface area contributed by atoms with Gasteiger partial charge >= 0.3 is 6.09 Å². The first-order valence-electron chi connectivity index (χ1n) is 10.8. The molecule has 164 valence electrons. The number of rotatable bonds is 5. The Kier molecular flexibility index (Phi) is 5.37. The van der Waals surface area contributed by atoms with Crippen LogP contribution in [-0.2, 0) is 11.8 Å². The van der Waals surface area contributed by atoms with Crippen molar-refractivity contribution in [3.63, 3.8) is 0 Å². The average Bonchev–Trinajstić information content (AvgIpc) is 3.43. The molecule has 0 radical (unpaired) electrons. The summed E-state index contributed by atoms with van der Waals surface area (Å²) in [7, 11) is 1.86. The van der Waals surface area contributed by atoms with Gasteiger partial charge in [0.15, 0.2) is 0 Å². The normalized spacial score (nSPS) is 15.1. The SMILES string of the molecule is CCC(NC(=O)OC(C)(C)C)c1cc2cccc(-c3cnn(C)c3)c2c(=O)n1C1CC1. The zero-order chi connectivity index (χ0) is 22.3. The Morgan fingerprint density at radius 3 is 2.65 bits per heavy atom. The molecule has 0 aliphatic heterocycles. The number of amides is 1. The molecule has 1 aliphatic rings. The smallest absolute Gasteiger partial charge is 0.408 e. The van der Waals surface area contributed by atoms with Gasteiger partial charge in [0.1, 0.15) is 5.60 Å². The van der Waals surface area contributed by atoms with Gasteiger partial charge in [0.25, 0.3) is 5.56 Å². The molecular formula is C24H30N4O3. The Labute approximate surface area is 182 Å². The van der Waals surface area contributed by atoms with Crippen LogP contribution in [0.4, 0.5) is 4.79 Å². The Morgan fingerprint density at radius 2 is 2.06 bits per heavy atom. The van der Waals surface area contributed by atoms with Crippen molar-refractivity contribution in [1.82, 2.24) is 19.7 Å². The van der Waals surface area contributed by atoms with E-state index in [-0.39, 0.29) is 17.6 Å². The van der Waals surface area contributed by atoms with E-state index in [1.807, 2.05) is 69.8 Å². The highest BCUT2D eigenvalue weighted by Crippen LogP contribution is 2.38. The third-order valence-corrected chi connectivity index (χ3v) is 5.50. The van der Waals surface area contributed by atoms with Crippen molar-refractivity contribution in [3.8, 4) is 11.1 Å². The molecule has 1 aliphatic carbocycles. The molecule has 7 nitrogen and oxygen atoms in total. The van der Waals surface area contributed by atoms with Gasteiger partial charge in [-0.2, -0.15) is 5.10 Å². The van der Waals surface area contributed by atoms with Crippen molar-refractivity contribution in [3.05, 3.63) is 52.7 Å². The molecule has 1 saturated carbocycles. The topological polar surface area (TPSA) is 78.2 Å². The number of hydrogen-bond acceptors (Lipinski definition) is 4. The lowest BCUT2D eigenvalue weighted by Crippen LogP contribution is -2.37. The average molecular weight is 423 g/mol. The molecule has 1 fully saturated rings. The van der Waals surface area contributed by atoms with Crippen molar-refractivity contribution in [1.29, 1.82) is 0 Å². The van der Waals surface area contributed by atoms with Crippen LogP contribution >= 0.6 is 0 Å². The van der Waals surface area contributed by atoms with Gasteiger partial charge in [-0.25, -0.2) is 4.79 Å². The number of pyridine rings is 1. The van der Waals surface area contributed by atoms with Crippen LogP contribution in [-0.4, -0.2) is 26.0 Å². The summed E-state index contributed by atoms with van der Waals surface area (Å²) in [5, 5.41) is 8.79. The quantitative estimate of drug-likeness (QED) is 0.646. The van der Waals surface area contributed by atoms with Gasteiger partial charge in [-0.05, 0) is 57.0 Å². The van der Waals surface area contributed by atoms with Crippen molar-refractivity contribution in [2.24, 2.45) is 7.05 Å². The summed E-state index contributed by atoms with van der Waals surface area (Å²) in [6.45, 7) is 7.51. The number of aryl methyl sites for hydroxylation is 1. The molecular weight excluding hydrogens is 392 g/mol. The Morgan fingerprint density at radius 1 is 1.32 bits per heavy atom. The summed E-state index contributed by atoms with van der Waals surface area (Å²) in [4.78, 5) is 26.2. The molecule has 2 aromatic heterocycles. The zero-order valence-electron chi connectivity index (χ0n) is 18.8. The van der Waals surface area contributed by atoms with Gasteiger partial charge in [-0.15, -0.1) is 0 Å². The van der Waals surface area contributed by atoms with Crippen molar-refractivity contribution in [2.45, 2.75) is 64.6 Å². The van der Waals surface area contributed by atoms with Crippen LogP contribution in [0.3, 0.4) is 0 Å². The van der Waals surface area contributed by atoms with E-state index in [4.69, 9.17) is 4.74 Å². The minimum absolute atomic E-state index is 0.0149. The summed E-state index contributed by atoms with van der Waals surface area (Å²) in [5.41, 5.74) is 2.03. The fraction of sp³-hybridized carbons (Fsp3) is 0.458. The molecule has 1 atom stereocenters. The lowest BCUT2D eigenvalue weighted by molar-refractivity contribution is 0.0500. The summed E-state index contributed by atoms with van der Waals surface area (Å²) >= 11 is 0. The highest BCUT2D eigenvalue weighted by molar-refractivity contribution is 5.96. The predicted octanol–water partition coefficient (Wildman–Crippen LogP) is 4.71. The minimum atomic E-state index is -0.583. The molecule has 4 rings (SSSR count). The largest absolute Gasteiger partial charge is 0.444 e. The van der Waals surface area contributed by atoms with Crippen molar-refractivity contribution >= 4 is 16.9 Å². The molecule has 31 heavy (non-hydrogen) atoms. The number of fused-ring (bicyclic) bond motifs is 1. The molecule has 2 heterocycles.